The predicted molar refractivity (Wildman–Crippen MR) is 115 cm³/mol. The maximum absolute atomic E-state index is 12.9. The molecule has 1 N–H and O–H groups in total. The van der Waals surface area contributed by atoms with E-state index in [1.54, 1.807) is 24.3 Å². The molecular formula is C22H25KN2O8S. The fourth-order valence-corrected chi connectivity index (χ4v) is 4.61. The number of amides is 2. The molecular weight excluding hydrogens is 491 g/mol. The van der Waals surface area contributed by atoms with E-state index in [1.807, 2.05) is 36.4 Å². The number of ether oxygens (including phenoxy) is 1. The monoisotopic (exact) mass is 516 g/mol. The summed E-state index contributed by atoms with van der Waals surface area (Å²) >= 11 is 0. The summed E-state index contributed by atoms with van der Waals surface area (Å²) in [7, 11) is -5.14. The zero-order chi connectivity index (χ0) is 24.2. The Morgan fingerprint density at radius 2 is 1.62 bits per heavy atom. The standard InChI is InChI=1S/C22H26N2O8S.K/c1-15(25)19-20(24(21(19)26)33(28,29)30)16(2)32-22(27)23(13-17-9-5-3-6-10-17)31-14-18-11-7-4-8-12-18;/h3-12,15-16,19-20,25H,13-14H2,1-2H3,(H,28,29,30);/q;+1/p-1/t15-,16+,19-,20-;/m1./s1. The third-order valence-corrected chi connectivity index (χ3v) is 6.18. The third kappa shape index (κ3) is 7.09. The van der Waals surface area contributed by atoms with Crippen molar-refractivity contribution in [3.05, 3.63) is 71.8 Å². The summed E-state index contributed by atoms with van der Waals surface area (Å²) in [5.74, 6) is -2.22. The molecule has 12 heteroatoms. The summed E-state index contributed by atoms with van der Waals surface area (Å²) in [4.78, 5) is 30.7. The van der Waals surface area contributed by atoms with E-state index >= 15 is 0 Å². The topological polar surface area (TPSA) is 137 Å². The predicted octanol–water partition coefficient (Wildman–Crippen LogP) is -1.18. The van der Waals surface area contributed by atoms with Crippen molar-refractivity contribution in [1.82, 2.24) is 9.37 Å². The minimum absolute atomic E-state index is 0. The SMILES string of the molecule is C[C@H](OC(=O)N(Cc1ccccc1)OCc1ccccc1)[C@@H]1[C@@H]([C@@H](C)O)C(=O)N1S(=O)(=O)[O-].[K+]. The van der Waals surface area contributed by atoms with E-state index < -0.39 is 46.5 Å². The second-order valence-corrected chi connectivity index (χ2v) is 8.97. The van der Waals surface area contributed by atoms with Gasteiger partial charge in [0.2, 0.25) is 5.91 Å². The number of β-lactam (4-membered cyclic amide) rings is 1. The fraction of sp³-hybridized carbons (Fsp3) is 0.364. The Morgan fingerprint density at radius 1 is 1.09 bits per heavy atom. The van der Waals surface area contributed by atoms with Gasteiger partial charge >= 0.3 is 57.5 Å². The fourth-order valence-electron chi connectivity index (χ4n) is 3.66. The minimum Gasteiger partial charge on any atom is -0.731 e. The zero-order valence-electron chi connectivity index (χ0n) is 19.1. The van der Waals surface area contributed by atoms with E-state index in [2.05, 4.69) is 0 Å². The van der Waals surface area contributed by atoms with Gasteiger partial charge in [0, 0.05) is 0 Å². The second kappa shape index (κ2) is 12.6. The molecule has 1 saturated heterocycles. The van der Waals surface area contributed by atoms with Gasteiger partial charge in [0.15, 0.2) is 10.3 Å². The van der Waals surface area contributed by atoms with Crippen molar-refractivity contribution in [2.75, 3.05) is 0 Å². The quantitative estimate of drug-likeness (QED) is 0.190. The van der Waals surface area contributed by atoms with Gasteiger partial charge in [-0.25, -0.2) is 17.5 Å². The molecule has 34 heavy (non-hydrogen) atoms. The first-order valence-electron chi connectivity index (χ1n) is 10.3. The number of aliphatic hydroxyl groups is 1. The average molecular weight is 517 g/mol. The molecule has 0 aliphatic carbocycles. The summed E-state index contributed by atoms with van der Waals surface area (Å²) in [6.45, 7) is 2.74. The van der Waals surface area contributed by atoms with Crippen LogP contribution in [0.1, 0.15) is 25.0 Å². The van der Waals surface area contributed by atoms with Crippen molar-refractivity contribution in [2.24, 2.45) is 5.92 Å². The van der Waals surface area contributed by atoms with Gasteiger partial charge in [0.05, 0.1) is 24.6 Å². The summed E-state index contributed by atoms with van der Waals surface area (Å²) in [5, 5.41) is 10.9. The molecule has 3 rings (SSSR count). The Balaban J connectivity index is 0.00000408. The minimum atomic E-state index is -5.14. The molecule has 1 fully saturated rings. The van der Waals surface area contributed by atoms with Gasteiger partial charge in [-0.05, 0) is 25.0 Å². The van der Waals surface area contributed by atoms with E-state index in [4.69, 9.17) is 9.57 Å². The van der Waals surface area contributed by atoms with E-state index in [9.17, 15) is 27.7 Å². The van der Waals surface area contributed by atoms with Crippen molar-refractivity contribution in [3.63, 3.8) is 0 Å². The third-order valence-electron chi connectivity index (χ3n) is 5.27. The van der Waals surface area contributed by atoms with Crippen LogP contribution in [0.3, 0.4) is 0 Å². The normalized spacial score (nSPS) is 19.4. The number of carbonyl (C=O) groups is 2. The van der Waals surface area contributed by atoms with E-state index in [-0.39, 0.29) is 68.8 Å². The van der Waals surface area contributed by atoms with E-state index in [1.165, 1.54) is 13.8 Å². The van der Waals surface area contributed by atoms with Gasteiger partial charge in [0.1, 0.15) is 12.7 Å². The van der Waals surface area contributed by atoms with Crippen molar-refractivity contribution in [2.45, 2.75) is 45.2 Å². The Morgan fingerprint density at radius 3 is 2.12 bits per heavy atom. The van der Waals surface area contributed by atoms with E-state index in [0.717, 1.165) is 16.2 Å². The number of benzene rings is 2. The maximum atomic E-state index is 12.9. The number of rotatable bonds is 9. The molecule has 4 atom stereocenters. The van der Waals surface area contributed by atoms with Crippen LogP contribution in [-0.4, -0.2) is 57.7 Å². The molecule has 10 nitrogen and oxygen atoms in total. The number of hydrogen-bond acceptors (Lipinski definition) is 8. The number of hydrogen-bond donors (Lipinski definition) is 1. The molecule has 1 aliphatic rings. The Kier molecular flexibility index (Phi) is 10.7. The molecule has 2 aromatic rings. The van der Waals surface area contributed by atoms with Gasteiger partial charge in [-0.3, -0.25) is 9.63 Å². The average Bonchev–Trinajstić information content (AvgIpc) is 2.74. The Labute approximate surface area is 241 Å². The molecule has 0 spiro atoms. The summed E-state index contributed by atoms with van der Waals surface area (Å²) in [6.07, 6.45) is -3.39. The van der Waals surface area contributed by atoms with Crippen LogP contribution >= 0.6 is 0 Å². The van der Waals surface area contributed by atoms with Crippen molar-refractivity contribution >= 4 is 22.3 Å². The molecule has 2 amide bonds. The molecule has 1 aliphatic heterocycles. The van der Waals surface area contributed by atoms with Crippen LogP contribution in [0, 0.1) is 5.92 Å². The van der Waals surface area contributed by atoms with E-state index in [0.29, 0.717) is 0 Å². The van der Waals surface area contributed by atoms with Gasteiger partial charge in [-0.15, -0.1) is 0 Å². The first-order valence-corrected chi connectivity index (χ1v) is 11.6. The smallest absolute Gasteiger partial charge is 0.731 e. The van der Waals surface area contributed by atoms with Gasteiger partial charge in [0.25, 0.3) is 0 Å². The zero-order valence-corrected chi connectivity index (χ0v) is 23.0. The number of hydroxylamine groups is 2. The molecule has 0 bridgehead atoms. The van der Waals surface area contributed by atoms with Crippen LogP contribution in [0.25, 0.3) is 0 Å². The molecule has 178 valence electrons. The van der Waals surface area contributed by atoms with Crippen LogP contribution in [-0.2, 0) is 37.8 Å². The Hall–Kier alpha value is -1.35. The van der Waals surface area contributed by atoms with Crippen LogP contribution in [0.5, 0.6) is 0 Å². The van der Waals surface area contributed by atoms with Crippen molar-refractivity contribution in [1.29, 1.82) is 0 Å². The number of aliphatic hydroxyl groups excluding tert-OH is 1. The second-order valence-electron chi connectivity index (χ2n) is 7.72. The van der Waals surface area contributed by atoms with Crippen molar-refractivity contribution < 1.29 is 88.6 Å². The van der Waals surface area contributed by atoms with Crippen molar-refractivity contribution in [3.8, 4) is 0 Å². The first-order chi connectivity index (χ1) is 15.6. The van der Waals surface area contributed by atoms with Crippen LogP contribution < -0.4 is 51.4 Å². The first kappa shape index (κ1) is 28.9. The number of nitrogens with zero attached hydrogens (tertiary/aromatic N) is 2. The van der Waals surface area contributed by atoms with Crippen LogP contribution in [0.4, 0.5) is 4.79 Å². The summed E-state index contributed by atoms with van der Waals surface area (Å²) < 4.78 is 40.0. The van der Waals surface area contributed by atoms with Crippen LogP contribution in [0.15, 0.2) is 60.7 Å². The molecule has 0 unspecified atom stereocenters. The van der Waals surface area contributed by atoms with Gasteiger partial charge in [-0.1, -0.05) is 60.7 Å². The largest absolute Gasteiger partial charge is 1.00 e. The van der Waals surface area contributed by atoms with Gasteiger partial charge < -0.3 is 14.4 Å². The Bertz CT molecular complexity index is 1070. The summed E-state index contributed by atoms with van der Waals surface area (Å²) in [5.41, 5.74) is 1.55. The molecule has 0 aromatic heterocycles. The maximum Gasteiger partial charge on any atom is 1.00 e. The molecule has 2 aromatic carbocycles. The van der Waals surface area contributed by atoms with Gasteiger partial charge in [-0.2, -0.15) is 5.06 Å². The number of carbonyl (C=O) groups excluding carboxylic acids is 2. The molecule has 0 saturated carbocycles. The molecule has 1 heterocycles. The molecule has 0 radical (unpaired) electrons. The summed E-state index contributed by atoms with van der Waals surface area (Å²) in [6, 6.07) is 16.8. The van der Waals surface area contributed by atoms with Crippen LogP contribution in [0.2, 0.25) is 0 Å².